The van der Waals surface area contributed by atoms with Gasteiger partial charge in [-0.25, -0.2) is 4.79 Å². The molecule has 126 valence electrons. The predicted octanol–water partition coefficient (Wildman–Crippen LogP) is 3.69. The van der Waals surface area contributed by atoms with E-state index in [2.05, 4.69) is 5.32 Å². The molecule has 0 aromatic heterocycles. The minimum absolute atomic E-state index is 0.140. The second-order valence-electron chi connectivity index (χ2n) is 5.45. The largest absolute Gasteiger partial charge is 0.481 e. The number of hydrogen-bond acceptors (Lipinski definition) is 3. The number of carboxylic acid groups (broad SMARTS) is 1. The maximum Gasteiger partial charge on any atom is 0.407 e. The Morgan fingerprint density at radius 2 is 1.71 bits per heavy atom. The highest BCUT2D eigenvalue weighted by Crippen LogP contribution is 2.18. The molecule has 2 N–H and O–H groups in total. The van der Waals surface area contributed by atoms with Gasteiger partial charge in [-0.15, -0.1) is 0 Å². The molecule has 2 aromatic carbocycles. The summed E-state index contributed by atoms with van der Waals surface area (Å²) in [6, 6.07) is 16.2. The molecule has 2 rings (SSSR count). The number of nitrogens with one attached hydrogen (secondary N) is 1. The van der Waals surface area contributed by atoms with Crippen molar-refractivity contribution in [1.29, 1.82) is 0 Å². The maximum atomic E-state index is 12.0. The van der Waals surface area contributed by atoms with E-state index in [9.17, 15) is 9.59 Å². The van der Waals surface area contributed by atoms with Crippen molar-refractivity contribution < 1.29 is 19.4 Å². The van der Waals surface area contributed by atoms with Gasteiger partial charge >= 0.3 is 12.1 Å². The highest BCUT2D eigenvalue weighted by atomic mass is 16.5. The lowest BCUT2D eigenvalue weighted by atomic mass is 10.0. The van der Waals surface area contributed by atoms with Crippen LogP contribution in [0.4, 0.5) is 4.79 Å². The van der Waals surface area contributed by atoms with Gasteiger partial charge in [0.2, 0.25) is 0 Å². The van der Waals surface area contributed by atoms with Crippen molar-refractivity contribution in [3.63, 3.8) is 0 Å². The lowest BCUT2D eigenvalue weighted by molar-refractivity contribution is -0.137. The van der Waals surface area contributed by atoms with Crippen LogP contribution < -0.4 is 5.32 Å². The molecule has 0 aliphatic heterocycles. The van der Waals surface area contributed by atoms with E-state index in [1.807, 2.05) is 61.5 Å². The van der Waals surface area contributed by atoms with E-state index in [0.29, 0.717) is 0 Å². The number of carbonyl (C=O) groups is 2. The van der Waals surface area contributed by atoms with Crippen molar-refractivity contribution in [2.75, 3.05) is 0 Å². The topological polar surface area (TPSA) is 75.6 Å². The van der Waals surface area contributed by atoms with E-state index in [1.54, 1.807) is 0 Å². The molecule has 0 spiro atoms. The Morgan fingerprint density at radius 3 is 2.29 bits per heavy atom. The minimum Gasteiger partial charge on any atom is -0.481 e. The highest BCUT2D eigenvalue weighted by molar-refractivity contribution is 5.72. The zero-order valence-electron chi connectivity index (χ0n) is 13.6. The number of carboxylic acids is 1. The fourth-order valence-electron chi connectivity index (χ4n) is 2.32. The number of rotatable bonds is 7. The molecule has 24 heavy (non-hydrogen) atoms. The monoisotopic (exact) mass is 327 g/mol. The van der Waals surface area contributed by atoms with Crippen LogP contribution in [0, 0.1) is 0 Å². The molecule has 5 heteroatoms. The van der Waals surface area contributed by atoms with Gasteiger partial charge in [-0.1, -0.05) is 61.5 Å². The SMILES string of the molecule is CCc1ccc([C@H](CC(=O)O)NC(=O)OCc2ccccc2)cc1. The molecule has 0 saturated heterocycles. The number of carbonyl (C=O) groups excluding carboxylic acids is 1. The molecular formula is C19H21NO4. The van der Waals surface area contributed by atoms with Crippen molar-refractivity contribution in [3.05, 3.63) is 71.3 Å². The Labute approximate surface area is 141 Å². The Kier molecular flexibility index (Phi) is 6.37. The van der Waals surface area contributed by atoms with Crippen LogP contribution in [0.2, 0.25) is 0 Å². The van der Waals surface area contributed by atoms with Gasteiger partial charge in [0.25, 0.3) is 0 Å². The van der Waals surface area contributed by atoms with E-state index >= 15 is 0 Å². The first-order valence-electron chi connectivity index (χ1n) is 7.86. The number of amides is 1. The number of aliphatic carboxylic acids is 1. The lowest BCUT2D eigenvalue weighted by Crippen LogP contribution is -2.30. The first kappa shape index (κ1) is 17.5. The van der Waals surface area contributed by atoms with Gasteiger partial charge in [-0.3, -0.25) is 4.79 Å². The second kappa shape index (κ2) is 8.72. The van der Waals surface area contributed by atoms with E-state index in [4.69, 9.17) is 9.84 Å². The average Bonchev–Trinajstić information content (AvgIpc) is 2.60. The molecule has 0 saturated carbocycles. The van der Waals surface area contributed by atoms with Gasteiger partial charge in [0.1, 0.15) is 6.61 Å². The summed E-state index contributed by atoms with van der Waals surface area (Å²) in [6.45, 7) is 2.18. The van der Waals surface area contributed by atoms with Crippen molar-refractivity contribution in [3.8, 4) is 0 Å². The molecule has 1 amide bonds. The quantitative estimate of drug-likeness (QED) is 0.813. The van der Waals surface area contributed by atoms with E-state index in [0.717, 1.165) is 23.1 Å². The summed E-state index contributed by atoms with van der Waals surface area (Å²) in [5, 5.41) is 11.7. The molecule has 0 bridgehead atoms. The second-order valence-corrected chi connectivity index (χ2v) is 5.45. The van der Waals surface area contributed by atoms with Gasteiger partial charge < -0.3 is 15.2 Å². The summed E-state index contributed by atoms with van der Waals surface area (Å²) in [4.78, 5) is 23.1. The number of aryl methyl sites for hydroxylation is 1. The fourth-order valence-corrected chi connectivity index (χ4v) is 2.32. The molecule has 2 aromatic rings. The summed E-state index contributed by atoms with van der Waals surface area (Å²) in [5.41, 5.74) is 2.76. The summed E-state index contributed by atoms with van der Waals surface area (Å²) in [7, 11) is 0. The predicted molar refractivity (Wildman–Crippen MR) is 90.6 cm³/mol. The summed E-state index contributed by atoms with van der Waals surface area (Å²) < 4.78 is 5.16. The van der Waals surface area contributed by atoms with E-state index in [-0.39, 0.29) is 13.0 Å². The molecule has 0 aliphatic carbocycles. The molecule has 0 aliphatic rings. The van der Waals surface area contributed by atoms with Crippen LogP contribution >= 0.6 is 0 Å². The third-order valence-corrected chi connectivity index (χ3v) is 3.67. The third kappa shape index (κ3) is 5.43. The average molecular weight is 327 g/mol. The Hall–Kier alpha value is -2.82. The normalized spacial score (nSPS) is 11.5. The van der Waals surface area contributed by atoms with Crippen LogP contribution in [-0.2, 0) is 22.6 Å². The third-order valence-electron chi connectivity index (χ3n) is 3.67. The Morgan fingerprint density at radius 1 is 1.04 bits per heavy atom. The molecule has 0 fully saturated rings. The Balaban J connectivity index is 1.99. The number of hydrogen-bond donors (Lipinski definition) is 2. The van der Waals surface area contributed by atoms with Crippen molar-refractivity contribution in [2.24, 2.45) is 0 Å². The minimum atomic E-state index is -0.983. The van der Waals surface area contributed by atoms with Gasteiger partial charge in [-0.05, 0) is 23.1 Å². The number of ether oxygens (including phenoxy) is 1. The van der Waals surface area contributed by atoms with Crippen molar-refractivity contribution >= 4 is 12.1 Å². The lowest BCUT2D eigenvalue weighted by Gasteiger charge is -2.17. The van der Waals surface area contributed by atoms with E-state index in [1.165, 1.54) is 0 Å². The van der Waals surface area contributed by atoms with Crippen LogP contribution in [0.25, 0.3) is 0 Å². The molecular weight excluding hydrogens is 306 g/mol. The first-order chi connectivity index (χ1) is 11.6. The van der Waals surface area contributed by atoms with Crippen molar-refractivity contribution in [2.45, 2.75) is 32.4 Å². The van der Waals surface area contributed by atoms with Crippen LogP contribution in [0.15, 0.2) is 54.6 Å². The van der Waals surface area contributed by atoms with Crippen LogP contribution in [0.3, 0.4) is 0 Å². The molecule has 0 radical (unpaired) electrons. The summed E-state index contributed by atoms with van der Waals surface area (Å²) in [5.74, 6) is -0.983. The van der Waals surface area contributed by atoms with Crippen LogP contribution in [0.1, 0.15) is 36.1 Å². The summed E-state index contributed by atoms with van der Waals surface area (Å²) >= 11 is 0. The molecule has 5 nitrogen and oxygen atoms in total. The Bertz CT molecular complexity index is 668. The standard InChI is InChI=1S/C19H21NO4/c1-2-14-8-10-16(11-9-14)17(12-18(21)22)20-19(23)24-13-15-6-4-3-5-7-15/h3-11,17H,2,12-13H2,1H3,(H,20,23)(H,21,22)/t17-/m0/s1. The zero-order chi connectivity index (χ0) is 17.4. The zero-order valence-corrected chi connectivity index (χ0v) is 13.6. The molecule has 0 heterocycles. The van der Waals surface area contributed by atoms with Gasteiger partial charge in [0.05, 0.1) is 12.5 Å². The number of alkyl carbamates (subject to hydrolysis) is 1. The van der Waals surface area contributed by atoms with Crippen molar-refractivity contribution in [1.82, 2.24) is 5.32 Å². The number of benzene rings is 2. The first-order valence-corrected chi connectivity index (χ1v) is 7.86. The van der Waals surface area contributed by atoms with Crippen LogP contribution in [-0.4, -0.2) is 17.2 Å². The molecule has 1 atom stereocenters. The molecule has 0 unspecified atom stereocenters. The van der Waals surface area contributed by atoms with Crippen LogP contribution in [0.5, 0.6) is 0 Å². The van der Waals surface area contributed by atoms with Gasteiger partial charge in [0, 0.05) is 0 Å². The van der Waals surface area contributed by atoms with E-state index < -0.39 is 18.1 Å². The highest BCUT2D eigenvalue weighted by Gasteiger charge is 2.18. The smallest absolute Gasteiger partial charge is 0.407 e. The maximum absolute atomic E-state index is 12.0. The van der Waals surface area contributed by atoms with Gasteiger partial charge in [0.15, 0.2) is 0 Å². The summed E-state index contributed by atoms with van der Waals surface area (Å²) in [6.07, 6.45) is 0.0622. The van der Waals surface area contributed by atoms with Gasteiger partial charge in [-0.2, -0.15) is 0 Å². The fraction of sp³-hybridized carbons (Fsp3) is 0.263.